The Hall–Kier alpha value is -0.120. The van der Waals surface area contributed by atoms with Crippen molar-refractivity contribution in [2.24, 2.45) is 0 Å². The van der Waals surface area contributed by atoms with Gasteiger partial charge in [-0.15, -0.1) is 0 Å². The van der Waals surface area contributed by atoms with Crippen molar-refractivity contribution in [1.82, 2.24) is 5.64 Å². The predicted octanol–water partition coefficient (Wildman–Crippen LogP) is -0.517. The largest absolute Gasteiger partial charge is 0.278 e. The molecule has 25 valence electrons. The average Bonchev–Trinajstić information content (AvgIpc) is 1.37. The van der Waals surface area contributed by atoms with E-state index in [0.29, 0.717) is 0 Å². The molecule has 0 aromatic carbocycles. The first-order valence-electron chi connectivity index (χ1n) is 0.816. The minimum Gasteiger partial charge on any atom is -0.278 e. The minimum absolute atomic E-state index is 1.18. The lowest BCUT2D eigenvalue weighted by molar-refractivity contribution is -0.148. The molecule has 0 saturated heterocycles. The summed E-state index contributed by atoms with van der Waals surface area (Å²) in [6.07, 6.45) is 0. The maximum Gasteiger partial charge on any atom is 0.0600 e. The number of hydrogen-bond acceptors (Lipinski definition) is 2. The van der Waals surface area contributed by atoms with Crippen molar-refractivity contribution in [3.8, 4) is 0 Å². The molecule has 3 nitrogen and oxygen atoms in total. The van der Waals surface area contributed by atoms with E-state index in [4.69, 9.17) is 5.21 Å². The van der Waals surface area contributed by atoms with Crippen LogP contribution in [0.5, 0.6) is 0 Å². The summed E-state index contributed by atoms with van der Waals surface area (Å²) in [5, 5.41) is 8.83. The Balaban J connectivity index is 1.97. The van der Waals surface area contributed by atoms with Crippen molar-refractivity contribution in [3.63, 3.8) is 0 Å². The van der Waals surface area contributed by atoms with Gasteiger partial charge in [0.05, 0.1) is 7.11 Å². The average molecular weight is 62.0 g/mol. The van der Waals surface area contributed by atoms with Crippen LogP contribution < -0.4 is 5.64 Å². The van der Waals surface area contributed by atoms with Crippen molar-refractivity contribution in [1.29, 1.82) is 0 Å². The van der Waals surface area contributed by atoms with Gasteiger partial charge in [-0.1, -0.05) is 5.21 Å². The first kappa shape index (κ1) is 3.88. The molecule has 0 aliphatic carbocycles. The van der Waals surface area contributed by atoms with Gasteiger partial charge in [0.1, 0.15) is 0 Å². The highest BCUT2D eigenvalue weighted by Gasteiger charge is 1.50. The first-order chi connectivity index (χ1) is 1.91. The van der Waals surface area contributed by atoms with Crippen molar-refractivity contribution in [3.05, 3.63) is 0 Å². The molecule has 0 spiro atoms. The summed E-state index contributed by atoms with van der Waals surface area (Å²) < 4.78 is 0. The summed E-state index contributed by atoms with van der Waals surface area (Å²) in [4.78, 5) is 3.74. The van der Waals surface area contributed by atoms with Crippen LogP contribution in [0.1, 0.15) is 0 Å². The summed E-state index contributed by atoms with van der Waals surface area (Å²) in [5.74, 6) is 0. The molecule has 0 rings (SSSR count). The van der Waals surface area contributed by atoms with Gasteiger partial charge in [0.25, 0.3) is 0 Å². The van der Waals surface area contributed by atoms with E-state index in [2.05, 4.69) is 4.84 Å². The predicted molar refractivity (Wildman–Crippen MR) is 10.8 cm³/mol. The normalized spacial score (nSPS) is 7.50. The molecular formula is CH4NO2. The number of hydrogen-bond donors (Lipinski definition) is 1. The third kappa shape index (κ3) is 1.88. The second-order valence-corrected chi connectivity index (χ2v) is 0.287. The molecule has 0 fully saturated rings. The van der Waals surface area contributed by atoms with Crippen molar-refractivity contribution < 1.29 is 10.0 Å². The lowest BCUT2D eigenvalue weighted by Crippen LogP contribution is -1.98. The minimum atomic E-state index is 1.18. The SMILES string of the molecule is CON[O]. The monoisotopic (exact) mass is 62.0 g/mol. The molecule has 1 N–H and O–H groups in total. The second kappa shape index (κ2) is 2.88. The van der Waals surface area contributed by atoms with Crippen molar-refractivity contribution in [2.45, 2.75) is 0 Å². The fourth-order valence-corrected chi connectivity index (χ4v) is 0. The lowest BCUT2D eigenvalue weighted by atomic mass is 11.7. The van der Waals surface area contributed by atoms with Crippen LogP contribution in [0.25, 0.3) is 0 Å². The molecule has 0 aromatic rings. The molecule has 0 amide bonds. The van der Waals surface area contributed by atoms with E-state index >= 15 is 0 Å². The maximum atomic E-state index is 8.83. The van der Waals surface area contributed by atoms with Gasteiger partial charge in [-0.05, 0) is 5.64 Å². The Labute approximate surface area is 24.1 Å². The lowest BCUT2D eigenvalue weighted by Gasteiger charge is -1.74. The van der Waals surface area contributed by atoms with Crippen molar-refractivity contribution in [2.75, 3.05) is 7.11 Å². The molecule has 3 heteroatoms. The highest BCUT2D eigenvalue weighted by atomic mass is 16.8. The fraction of sp³-hybridized carbons (Fsp3) is 1.00. The summed E-state index contributed by atoms with van der Waals surface area (Å²) in [6, 6.07) is 0. The van der Waals surface area contributed by atoms with Gasteiger partial charge in [0, 0.05) is 0 Å². The van der Waals surface area contributed by atoms with E-state index < -0.39 is 0 Å². The topological polar surface area (TPSA) is 41.2 Å². The summed E-state index contributed by atoms with van der Waals surface area (Å²) in [7, 11) is 1.26. The molecule has 0 aromatic heterocycles. The number of nitrogens with one attached hydrogen (secondary N) is 1. The Morgan fingerprint density at radius 2 is 2.25 bits per heavy atom. The van der Waals surface area contributed by atoms with E-state index in [0.717, 1.165) is 0 Å². The van der Waals surface area contributed by atoms with Gasteiger partial charge in [0.2, 0.25) is 0 Å². The van der Waals surface area contributed by atoms with Gasteiger partial charge < -0.3 is 0 Å². The van der Waals surface area contributed by atoms with Crippen LogP contribution in [0.4, 0.5) is 0 Å². The molecule has 4 heavy (non-hydrogen) atoms. The smallest absolute Gasteiger partial charge is 0.0600 e. The second-order valence-electron chi connectivity index (χ2n) is 0.287. The molecule has 0 atom stereocenters. The molecule has 1 radical (unpaired) electrons. The van der Waals surface area contributed by atoms with Crippen LogP contribution in [0, 0.1) is 0 Å². The third-order valence-electron chi connectivity index (χ3n) is 0.0833. The van der Waals surface area contributed by atoms with E-state index in [-0.39, 0.29) is 0 Å². The molecule has 0 heterocycles. The van der Waals surface area contributed by atoms with Crippen LogP contribution in [0.2, 0.25) is 0 Å². The van der Waals surface area contributed by atoms with E-state index in [1.54, 1.807) is 0 Å². The van der Waals surface area contributed by atoms with Crippen LogP contribution in [-0.2, 0) is 10.0 Å². The quantitative estimate of drug-likeness (QED) is 0.415. The standard InChI is InChI=1S/CH4NO2/c1-4-2-3/h2H,1H3. The molecule has 0 bridgehead atoms. The van der Waals surface area contributed by atoms with Crippen LogP contribution >= 0.6 is 0 Å². The van der Waals surface area contributed by atoms with Gasteiger partial charge in [0.15, 0.2) is 0 Å². The van der Waals surface area contributed by atoms with Crippen LogP contribution in [0.3, 0.4) is 0 Å². The molecule has 0 saturated carbocycles. The Kier molecular flexibility index (Phi) is 2.79. The zero-order valence-electron chi connectivity index (χ0n) is 2.32. The van der Waals surface area contributed by atoms with Crippen LogP contribution in [0.15, 0.2) is 0 Å². The fourth-order valence-electron chi connectivity index (χ4n) is 0. The third-order valence-corrected chi connectivity index (χ3v) is 0.0833. The highest BCUT2D eigenvalue weighted by Crippen LogP contribution is 1.33. The van der Waals surface area contributed by atoms with E-state index in [1.165, 1.54) is 12.8 Å². The molecular weight excluding hydrogens is 58.0 g/mol. The van der Waals surface area contributed by atoms with Gasteiger partial charge in [-0.25, -0.2) is 0 Å². The zero-order valence-corrected chi connectivity index (χ0v) is 2.32. The summed E-state index contributed by atoms with van der Waals surface area (Å²) in [6.45, 7) is 0. The molecule has 0 unspecified atom stereocenters. The van der Waals surface area contributed by atoms with E-state index in [9.17, 15) is 0 Å². The first-order valence-corrected chi connectivity index (χ1v) is 0.816. The van der Waals surface area contributed by atoms with Crippen LogP contribution in [-0.4, -0.2) is 7.11 Å². The zero-order chi connectivity index (χ0) is 3.41. The Morgan fingerprint density at radius 3 is 2.25 bits per heavy atom. The summed E-state index contributed by atoms with van der Waals surface area (Å²) in [5.41, 5.74) is 1.18. The van der Waals surface area contributed by atoms with E-state index in [1.807, 2.05) is 0 Å². The molecule has 0 aliphatic rings. The molecule has 0 aliphatic heterocycles. The van der Waals surface area contributed by atoms with Gasteiger partial charge in [-0.2, -0.15) is 0 Å². The number of rotatable bonds is 1. The highest BCUT2D eigenvalue weighted by molar-refractivity contribution is 3.49. The maximum absolute atomic E-state index is 8.83. The van der Waals surface area contributed by atoms with Gasteiger partial charge >= 0.3 is 0 Å². The van der Waals surface area contributed by atoms with Gasteiger partial charge in [-0.3, -0.25) is 4.84 Å². The Bertz CT molecular complexity index is 8.00. The van der Waals surface area contributed by atoms with Crippen molar-refractivity contribution >= 4 is 0 Å². The summed E-state index contributed by atoms with van der Waals surface area (Å²) >= 11 is 0. The Morgan fingerprint density at radius 1 is 2.00 bits per heavy atom.